The number of aryl methyl sites for hydroxylation is 1. The Hall–Kier alpha value is -1.62. The van der Waals surface area contributed by atoms with Crippen molar-refractivity contribution in [3.63, 3.8) is 0 Å². The highest BCUT2D eigenvalue weighted by Crippen LogP contribution is 2.20. The van der Waals surface area contributed by atoms with Crippen LogP contribution in [-0.4, -0.2) is 25.1 Å². The molecule has 4 nitrogen and oxygen atoms in total. The Labute approximate surface area is 100.0 Å². The molecule has 0 fully saturated rings. The molecule has 0 aliphatic carbocycles. The van der Waals surface area contributed by atoms with Crippen molar-refractivity contribution in [2.45, 2.75) is 19.4 Å². The second kappa shape index (κ2) is 5.14. The van der Waals surface area contributed by atoms with Gasteiger partial charge in [-0.15, -0.1) is 0 Å². The van der Waals surface area contributed by atoms with Gasteiger partial charge in [0, 0.05) is 6.07 Å². The third-order valence-electron chi connectivity index (χ3n) is 2.76. The third kappa shape index (κ3) is 3.17. The average molecular weight is 240 g/mol. The van der Waals surface area contributed by atoms with Crippen molar-refractivity contribution < 1.29 is 13.9 Å². The standard InChI is InChI=1S/C12H17FN2O2/c1-8-4-5-9(13)6-10(8)17-7-12(2,15-3)11(14)16/h4-6,15H,7H2,1-3H3,(H2,14,16). The molecule has 0 saturated carbocycles. The van der Waals surface area contributed by atoms with Crippen LogP contribution in [0.1, 0.15) is 12.5 Å². The van der Waals surface area contributed by atoms with E-state index in [-0.39, 0.29) is 12.4 Å². The van der Waals surface area contributed by atoms with Crippen LogP contribution in [0.15, 0.2) is 18.2 Å². The first-order chi connectivity index (χ1) is 7.89. The quantitative estimate of drug-likeness (QED) is 0.806. The Kier molecular flexibility index (Phi) is 4.07. The molecule has 0 radical (unpaired) electrons. The second-order valence-electron chi connectivity index (χ2n) is 4.14. The van der Waals surface area contributed by atoms with Gasteiger partial charge in [-0.3, -0.25) is 4.79 Å². The summed E-state index contributed by atoms with van der Waals surface area (Å²) in [4.78, 5) is 11.2. The van der Waals surface area contributed by atoms with E-state index in [2.05, 4.69) is 5.32 Å². The highest BCUT2D eigenvalue weighted by Gasteiger charge is 2.30. The lowest BCUT2D eigenvalue weighted by Crippen LogP contribution is -2.55. The second-order valence-corrected chi connectivity index (χ2v) is 4.14. The van der Waals surface area contributed by atoms with Crippen molar-refractivity contribution in [2.24, 2.45) is 5.73 Å². The van der Waals surface area contributed by atoms with Gasteiger partial charge in [-0.25, -0.2) is 4.39 Å². The predicted molar refractivity (Wildman–Crippen MR) is 63.3 cm³/mol. The average Bonchev–Trinajstić information content (AvgIpc) is 2.29. The van der Waals surface area contributed by atoms with Gasteiger partial charge in [0.25, 0.3) is 0 Å². The summed E-state index contributed by atoms with van der Waals surface area (Å²) >= 11 is 0. The molecule has 1 rings (SSSR count). The first-order valence-corrected chi connectivity index (χ1v) is 5.27. The molecule has 3 N–H and O–H groups in total. The van der Waals surface area contributed by atoms with Crippen molar-refractivity contribution in [1.82, 2.24) is 5.32 Å². The van der Waals surface area contributed by atoms with E-state index in [0.717, 1.165) is 5.56 Å². The summed E-state index contributed by atoms with van der Waals surface area (Å²) in [6, 6.07) is 4.26. The maximum absolute atomic E-state index is 13.0. The largest absolute Gasteiger partial charge is 0.491 e. The van der Waals surface area contributed by atoms with Crippen LogP contribution < -0.4 is 15.8 Å². The summed E-state index contributed by atoms with van der Waals surface area (Å²) < 4.78 is 18.5. The lowest BCUT2D eigenvalue weighted by atomic mass is 10.0. The van der Waals surface area contributed by atoms with E-state index in [9.17, 15) is 9.18 Å². The van der Waals surface area contributed by atoms with Crippen LogP contribution in [0.5, 0.6) is 5.75 Å². The van der Waals surface area contributed by atoms with Crippen LogP contribution >= 0.6 is 0 Å². The summed E-state index contributed by atoms with van der Waals surface area (Å²) in [5, 5.41) is 2.79. The normalized spacial score (nSPS) is 14.1. The fraction of sp³-hybridized carbons (Fsp3) is 0.417. The number of amides is 1. The van der Waals surface area contributed by atoms with Crippen LogP contribution in [0, 0.1) is 12.7 Å². The fourth-order valence-corrected chi connectivity index (χ4v) is 1.22. The molecule has 0 spiro atoms. The summed E-state index contributed by atoms with van der Waals surface area (Å²) in [6.45, 7) is 3.48. The van der Waals surface area contributed by atoms with Crippen LogP contribution in [-0.2, 0) is 4.79 Å². The first kappa shape index (κ1) is 13.4. The minimum atomic E-state index is -0.973. The summed E-state index contributed by atoms with van der Waals surface area (Å²) in [5.41, 5.74) is 5.08. The van der Waals surface area contributed by atoms with Gasteiger partial charge in [0.2, 0.25) is 5.91 Å². The van der Waals surface area contributed by atoms with Crippen molar-refractivity contribution in [2.75, 3.05) is 13.7 Å². The molecule has 17 heavy (non-hydrogen) atoms. The molecule has 1 aromatic rings. The van der Waals surface area contributed by atoms with E-state index in [0.29, 0.717) is 5.75 Å². The zero-order valence-electron chi connectivity index (χ0n) is 10.2. The summed E-state index contributed by atoms with van der Waals surface area (Å²) in [5.74, 6) is -0.488. The maximum atomic E-state index is 13.0. The molecular formula is C12H17FN2O2. The zero-order chi connectivity index (χ0) is 13.1. The highest BCUT2D eigenvalue weighted by molar-refractivity contribution is 5.84. The van der Waals surface area contributed by atoms with Gasteiger partial charge < -0.3 is 15.8 Å². The van der Waals surface area contributed by atoms with Crippen LogP contribution in [0.25, 0.3) is 0 Å². The van der Waals surface area contributed by atoms with Gasteiger partial charge in [0.15, 0.2) is 0 Å². The number of nitrogens with two attached hydrogens (primary N) is 1. The van der Waals surface area contributed by atoms with E-state index in [1.54, 1.807) is 27.0 Å². The molecule has 1 aromatic carbocycles. The molecule has 94 valence electrons. The topological polar surface area (TPSA) is 64.3 Å². The van der Waals surface area contributed by atoms with Crippen molar-refractivity contribution in [3.05, 3.63) is 29.6 Å². The molecule has 1 unspecified atom stereocenters. The molecule has 0 aliphatic heterocycles. The molecule has 0 saturated heterocycles. The number of rotatable bonds is 5. The van der Waals surface area contributed by atoms with E-state index >= 15 is 0 Å². The van der Waals surface area contributed by atoms with Gasteiger partial charge in [-0.2, -0.15) is 0 Å². The minimum absolute atomic E-state index is 0.0448. The van der Waals surface area contributed by atoms with Crippen LogP contribution in [0.2, 0.25) is 0 Å². The Morgan fingerprint density at radius 3 is 2.76 bits per heavy atom. The molecule has 0 bridgehead atoms. The predicted octanol–water partition coefficient (Wildman–Crippen LogP) is 0.976. The fourth-order valence-electron chi connectivity index (χ4n) is 1.22. The number of nitrogens with one attached hydrogen (secondary N) is 1. The van der Waals surface area contributed by atoms with E-state index in [1.807, 2.05) is 0 Å². The number of hydrogen-bond donors (Lipinski definition) is 2. The Morgan fingerprint density at radius 1 is 1.59 bits per heavy atom. The lowest BCUT2D eigenvalue weighted by Gasteiger charge is -2.25. The monoisotopic (exact) mass is 240 g/mol. The van der Waals surface area contributed by atoms with Gasteiger partial charge in [0.05, 0.1) is 0 Å². The number of carbonyl (C=O) groups excluding carboxylic acids is 1. The van der Waals surface area contributed by atoms with Crippen molar-refractivity contribution >= 4 is 5.91 Å². The summed E-state index contributed by atoms with van der Waals surface area (Å²) in [7, 11) is 1.62. The van der Waals surface area contributed by atoms with E-state index < -0.39 is 11.4 Å². The van der Waals surface area contributed by atoms with Gasteiger partial charge in [0.1, 0.15) is 23.7 Å². The number of primary amides is 1. The molecule has 0 heterocycles. The lowest BCUT2D eigenvalue weighted by molar-refractivity contribution is -0.124. The minimum Gasteiger partial charge on any atom is -0.491 e. The number of ether oxygens (including phenoxy) is 1. The number of halogens is 1. The van der Waals surface area contributed by atoms with Crippen LogP contribution in [0.4, 0.5) is 4.39 Å². The molecular weight excluding hydrogens is 223 g/mol. The Bertz CT molecular complexity index is 423. The first-order valence-electron chi connectivity index (χ1n) is 5.27. The smallest absolute Gasteiger partial charge is 0.240 e. The molecule has 1 atom stereocenters. The van der Waals surface area contributed by atoms with E-state index in [1.165, 1.54) is 12.1 Å². The zero-order valence-corrected chi connectivity index (χ0v) is 10.2. The number of carbonyl (C=O) groups is 1. The maximum Gasteiger partial charge on any atom is 0.240 e. The van der Waals surface area contributed by atoms with Gasteiger partial charge >= 0.3 is 0 Å². The van der Waals surface area contributed by atoms with Gasteiger partial charge in [-0.1, -0.05) is 6.07 Å². The molecule has 5 heteroatoms. The SMILES string of the molecule is CNC(C)(COc1cc(F)ccc1C)C(N)=O. The van der Waals surface area contributed by atoms with E-state index in [4.69, 9.17) is 10.5 Å². The number of likely N-dealkylation sites (N-methyl/N-ethyl adjacent to an activating group) is 1. The summed E-state index contributed by atoms with van der Waals surface area (Å²) in [6.07, 6.45) is 0. The van der Waals surface area contributed by atoms with Crippen molar-refractivity contribution in [1.29, 1.82) is 0 Å². The Balaban J connectivity index is 2.79. The van der Waals surface area contributed by atoms with Crippen molar-refractivity contribution in [3.8, 4) is 5.75 Å². The van der Waals surface area contributed by atoms with Crippen LogP contribution in [0.3, 0.4) is 0 Å². The third-order valence-corrected chi connectivity index (χ3v) is 2.76. The van der Waals surface area contributed by atoms with Gasteiger partial charge in [-0.05, 0) is 32.5 Å². The molecule has 1 amide bonds. The molecule has 0 aromatic heterocycles. The molecule has 0 aliphatic rings. The number of hydrogen-bond acceptors (Lipinski definition) is 3. The number of benzene rings is 1. The highest BCUT2D eigenvalue weighted by atomic mass is 19.1. The Morgan fingerprint density at radius 2 is 2.24 bits per heavy atom.